The summed E-state index contributed by atoms with van der Waals surface area (Å²) in [6.07, 6.45) is 1.04. The predicted molar refractivity (Wildman–Crippen MR) is 88.7 cm³/mol. The first-order valence-electron chi connectivity index (χ1n) is 7.45. The third-order valence-electron chi connectivity index (χ3n) is 3.83. The molecule has 0 bridgehead atoms. The van der Waals surface area contributed by atoms with Crippen LogP contribution < -0.4 is 5.32 Å². The van der Waals surface area contributed by atoms with Gasteiger partial charge in [-0.05, 0) is 44.0 Å². The number of benzene rings is 2. The number of aromatic amines is 1. The summed E-state index contributed by atoms with van der Waals surface area (Å²) < 4.78 is 0. The van der Waals surface area contributed by atoms with Gasteiger partial charge in [0, 0.05) is 5.69 Å². The van der Waals surface area contributed by atoms with Crippen LogP contribution in [0.1, 0.15) is 36.3 Å². The molecule has 1 heterocycles. The zero-order valence-corrected chi connectivity index (χ0v) is 12.8. The molecule has 3 aromatic rings. The molecule has 0 amide bonds. The van der Waals surface area contributed by atoms with Gasteiger partial charge in [-0.1, -0.05) is 36.8 Å². The number of H-pyrrole nitrogens is 1. The molecule has 0 radical (unpaired) electrons. The summed E-state index contributed by atoms with van der Waals surface area (Å²) in [5.74, 6) is 0.952. The SMILES string of the molecule is CCC(Nc1ccc2nc(C)[nH]c2c1)c1ccc(C)cc1. The molecular weight excluding hydrogens is 258 g/mol. The Morgan fingerprint density at radius 3 is 2.57 bits per heavy atom. The summed E-state index contributed by atoms with van der Waals surface area (Å²) in [5, 5.41) is 3.62. The molecule has 0 aliphatic heterocycles. The van der Waals surface area contributed by atoms with E-state index in [4.69, 9.17) is 0 Å². The third-order valence-corrected chi connectivity index (χ3v) is 3.83. The fourth-order valence-electron chi connectivity index (χ4n) is 2.65. The Morgan fingerprint density at radius 2 is 1.86 bits per heavy atom. The number of hydrogen-bond acceptors (Lipinski definition) is 2. The van der Waals surface area contributed by atoms with Crippen LogP contribution in [0.3, 0.4) is 0 Å². The van der Waals surface area contributed by atoms with Crippen molar-refractivity contribution in [3.63, 3.8) is 0 Å². The van der Waals surface area contributed by atoms with Crippen molar-refractivity contribution in [3.05, 3.63) is 59.4 Å². The second-order valence-electron chi connectivity index (χ2n) is 5.57. The van der Waals surface area contributed by atoms with Gasteiger partial charge in [0.05, 0.1) is 17.1 Å². The smallest absolute Gasteiger partial charge is 0.104 e. The topological polar surface area (TPSA) is 40.7 Å². The van der Waals surface area contributed by atoms with Crippen LogP contribution in [0, 0.1) is 13.8 Å². The van der Waals surface area contributed by atoms with E-state index in [0.29, 0.717) is 6.04 Å². The van der Waals surface area contributed by atoms with Crippen LogP contribution in [-0.4, -0.2) is 9.97 Å². The first-order valence-corrected chi connectivity index (χ1v) is 7.45. The van der Waals surface area contributed by atoms with E-state index in [2.05, 4.69) is 71.6 Å². The molecule has 2 N–H and O–H groups in total. The Balaban J connectivity index is 1.86. The van der Waals surface area contributed by atoms with Gasteiger partial charge in [0.15, 0.2) is 0 Å². The number of fused-ring (bicyclic) bond motifs is 1. The maximum absolute atomic E-state index is 4.44. The number of hydrogen-bond donors (Lipinski definition) is 2. The van der Waals surface area contributed by atoms with E-state index in [1.54, 1.807) is 0 Å². The molecule has 0 spiro atoms. The van der Waals surface area contributed by atoms with E-state index in [1.165, 1.54) is 11.1 Å². The van der Waals surface area contributed by atoms with Crippen LogP contribution in [0.15, 0.2) is 42.5 Å². The highest BCUT2D eigenvalue weighted by Gasteiger charge is 2.09. The van der Waals surface area contributed by atoms with Gasteiger partial charge in [0.2, 0.25) is 0 Å². The Kier molecular flexibility index (Phi) is 3.65. The minimum atomic E-state index is 0.326. The van der Waals surface area contributed by atoms with Crippen molar-refractivity contribution in [1.82, 2.24) is 9.97 Å². The van der Waals surface area contributed by atoms with E-state index in [0.717, 1.165) is 29.0 Å². The van der Waals surface area contributed by atoms with Gasteiger partial charge < -0.3 is 10.3 Å². The highest BCUT2D eigenvalue weighted by molar-refractivity contribution is 5.79. The first kappa shape index (κ1) is 13.7. The standard InChI is InChI=1S/C18H21N3/c1-4-16(14-7-5-12(2)6-8-14)21-15-9-10-17-18(11-15)20-13(3)19-17/h5-11,16,21H,4H2,1-3H3,(H,19,20). The van der Waals surface area contributed by atoms with Crippen molar-refractivity contribution in [1.29, 1.82) is 0 Å². The fourth-order valence-corrected chi connectivity index (χ4v) is 2.65. The molecule has 0 saturated heterocycles. The number of imidazole rings is 1. The highest BCUT2D eigenvalue weighted by atomic mass is 14.9. The van der Waals surface area contributed by atoms with Gasteiger partial charge in [-0.25, -0.2) is 4.98 Å². The molecule has 3 rings (SSSR count). The second kappa shape index (κ2) is 5.60. The Hall–Kier alpha value is -2.29. The van der Waals surface area contributed by atoms with Gasteiger partial charge in [-0.2, -0.15) is 0 Å². The van der Waals surface area contributed by atoms with Crippen molar-refractivity contribution < 1.29 is 0 Å². The van der Waals surface area contributed by atoms with E-state index >= 15 is 0 Å². The average molecular weight is 279 g/mol. The van der Waals surface area contributed by atoms with Crippen LogP contribution in [-0.2, 0) is 0 Å². The number of nitrogens with one attached hydrogen (secondary N) is 2. The van der Waals surface area contributed by atoms with Gasteiger partial charge in [-0.15, -0.1) is 0 Å². The number of nitrogens with zero attached hydrogens (tertiary/aromatic N) is 1. The van der Waals surface area contributed by atoms with Crippen molar-refractivity contribution in [3.8, 4) is 0 Å². The van der Waals surface area contributed by atoms with Crippen molar-refractivity contribution in [2.24, 2.45) is 0 Å². The summed E-state index contributed by atoms with van der Waals surface area (Å²) in [4.78, 5) is 7.72. The quantitative estimate of drug-likeness (QED) is 0.724. The molecule has 0 aliphatic carbocycles. The van der Waals surface area contributed by atoms with Crippen molar-refractivity contribution in [2.45, 2.75) is 33.2 Å². The lowest BCUT2D eigenvalue weighted by molar-refractivity contribution is 0.749. The molecule has 1 aromatic heterocycles. The number of anilines is 1. The first-order chi connectivity index (χ1) is 10.2. The molecule has 0 aliphatic rings. The van der Waals surface area contributed by atoms with Crippen LogP contribution in [0.4, 0.5) is 5.69 Å². The Labute approximate surface area is 125 Å². The predicted octanol–water partition coefficient (Wildman–Crippen LogP) is 4.74. The normalized spacial score (nSPS) is 12.5. The summed E-state index contributed by atoms with van der Waals surface area (Å²) in [5.41, 5.74) is 5.84. The molecule has 0 saturated carbocycles. The monoisotopic (exact) mass is 279 g/mol. The lowest BCUT2D eigenvalue weighted by Crippen LogP contribution is -2.09. The Bertz CT molecular complexity index is 741. The van der Waals surface area contributed by atoms with E-state index in [-0.39, 0.29) is 0 Å². The summed E-state index contributed by atoms with van der Waals surface area (Å²) >= 11 is 0. The van der Waals surface area contributed by atoms with Gasteiger partial charge >= 0.3 is 0 Å². The number of aromatic nitrogens is 2. The highest BCUT2D eigenvalue weighted by Crippen LogP contribution is 2.25. The number of rotatable bonds is 4. The molecule has 3 heteroatoms. The zero-order valence-electron chi connectivity index (χ0n) is 12.8. The summed E-state index contributed by atoms with van der Waals surface area (Å²) in [7, 11) is 0. The Morgan fingerprint density at radius 1 is 1.10 bits per heavy atom. The van der Waals surface area contributed by atoms with E-state index < -0.39 is 0 Å². The molecule has 0 fully saturated rings. The minimum Gasteiger partial charge on any atom is -0.378 e. The maximum atomic E-state index is 4.44. The third kappa shape index (κ3) is 2.92. The molecule has 108 valence electrons. The zero-order chi connectivity index (χ0) is 14.8. The van der Waals surface area contributed by atoms with E-state index in [1.807, 2.05) is 6.92 Å². The van der Waals surface area contributed by atoms with Crippen LogP contribution in [0.25, 0.3) is 11.0 Å². The lowest BCUT2D eigenvalue weighted by Gasteiger charge is -2.19. The van der Waals surface area contributed by atoms with Crippen LogP contribution >= 0.6 is 0 Å². The molecule has 3 nitrogen and oxygen atoms in total. The second-order valence-corrected chi connectivity index (χ2v) is 5.57. The molecule has 1 atom stereocenters. The largest absolute Gasteiger partial charge is 0.378 e. The average Bonchev–Trinajstić information content (AvgIpc) is 2.85. The van der Waals surface area contributed by atoms with Crippen LogP contribution in [0.2, 0.25) is 0 Å². The van der Waals surface area contributed by atoms with E-state index in [9.17, 15) is 0 Å². The maximum Gasteiger partial charge on any atom is 0.104 e. The van der Waals surface area contributed by atoms with Crippen molar-refractivity contribution >= 4 is 16.7 Å². The fraction of sp³-hybridized carbons (Fsp3) is 0.278. The van der Waals surface area contributed by atoms with Crippen molar-refractivity contribution in [2.75, 3.05) is 5.32 Å². The van der Waals surface area contributed by atoms with Gasteiger partial charge in [-0.3, -0.25) is 0 Å². The van der Waals surface area contributed by atoms with Gasteiger partial charge in [0.25, 0.3) is 0 Å². The van der Waals surface area contributed by atoms with Crippen LogP contribution in [0.5, 0.6) is 0 Å². The minimum absolute atomic E-state index is 0.326. The summed E-state index contributed by atoms with van der Waals surface area (Å²) in [6, 6.07) is 15.4. The summed E-state index contributed by atoms with van der Waals surface area (Å²) in [6.45, 7) is 6.30. The molecule has 2 aromatic carbocycles. The van der Waals surface area contributed by atoms with Gasteiger partial charge in [0.1, 0.15) is 5.82 Å². The molecule has 1 unspecified atom stereocenters. The molecular formula is C18H21N3. The molecule has 21 heavy (non-hydrogen) atoms. The number of aryl methyl sites for hydroxylation is 2. The lowest BCUT2D eigenvalue weighted by atomic mass is 10.0.